The number of hydrogen-bond acceptors (Lipinski definition) is 3. The van der Waals surface area contributed by atoms with E-state index in [1.807, 2.05) is 55.5 Å². The van der Waals surface area contributed by atoms with Gasteiger partial charge in [-0.2, -0.15) is 0 Å². The van der Waals surface area contributed by atoms with Gasteiger partial charge >= 0.3 is 0 Å². The fraction of sp³-hybridized carbons (Fsp3) is 0.250. The van der Waals surface area contributed by atoms with Gasteiger partial charge in [0.05, 0.1) is 13.2 Å². The Morgan fingerprint density at radius 3 is 2.16 bits per heavy atom. The molecule has 0 unspecified atom stereocenters. The van der Waals surface area contributed by atoms with Crippen molar-refractivity contribution in [2.24, 2.45) is 0 Å². The maximum absolute atomic E-state index is 8.97. The largest absolute Gasteiger partial charge is 0.494 e. The summed E-state index contributed by atoms with van der Waals surface area (Å²) in [6.07, 6.45) is 0. The van der Waals surface area contributed by atoms with Crippen LogP contribution < -0.4 is 9.47 Å². The highest BCUT2D eigenvalue weighted by molar-refractivity contribution is 5.33. The summed E-state index contributed by atoms with van der Waals surface area (Å²) in [6, 6.07) is 15.3. The van der Waals surface area contributed by atoms with Gasteiger partial charge < -0.3 is 14.6 Å². The first kappa shape index (κ1) is 13.4. The van der Waals surface area contributed by atoms with Crippen molar-refractivity contribution in [3.63, 3.8) is 0 Å². The molecule has 0 bridgehead atoms. The Morgan fingerprint density at radius 1 is 0.895 bits per heavy atom. The van der Waals surface area contributed by atoms with Gasteiger partial charge in [-0.05, 0) is 30.2 Å². The summed E-state index contributed by atoms with van der Waals surface area (Å²) in [5.41, 5.74) is 1.97. The Kier molecular flexibility index (Phi) is 4.81. The van der Waals surface area contributed by atoms with E-state index in [1.54, 1.807) is 0 Å². The second-order valence-corrected chi connectivity index (χ2v) is 4.17. The Morgan fingerprint density at radius 2 is 1.53 bits per heavy atom. The van der Waals surface area contributed by atoms with Crippen LogP contribution in [0.15, 0.2) is 48.5 Å². The van der Waals surface area contributed by atoms with Crippen LogP contribution in [0.2, 0.25) is 0 Å². The van der Waals surface area contributed by atoms with Crippen molar-refractivity contribution < 1.29 is 14.6 Å². The van der Waals surface area contributed by atoms with Crippen LogP contribution in [0.1, 0.15) is 18.1 Å². The molecule has 0 heterocycles. The van der Waals surface area contributed by atoms with E-state index in [2.05, 4.69) is 0 Å². The van der Waals surface area contributed by atoms with Gasteiger partial charge in [-0.3, -0.25) is 0 Å². The lowest BCUT2D eigenvalue weighted by Gasteiger charge is -2.09. The lowest BCUT2D eigenvalue weighted by Crippen LogP contribution is -1.97. The molecule has 0 saturated carbocycles. The molecule has 1 N–H and O–H groups in total. The molecule has 0 saturated heterocycles. The molecule has 19 heavy (non-hydrogen) atoms. The van der Waals surface area contributed by atoms with E-state index in [9.17, 15) is 0 Å². The maximum Gasteiger partial charge on any atom is 0.123 e. The molecule has 0 radical (unpaired) electrons. The van der Waals surface area contributed by atoms with Crippen molar-refractivity contribution in [2.75, 3.05) is 6.61 Å². The Labute approximate surface area is 113 Å². The van der Waals surface area contributed by atoms with Gasteiger partial charge in [-0.15, -0.1) is 0 Å². The van der Waals surface area contributed by atoms with E-state index >= 15 is 0 Å². The highest BCUT2D eigenvalue weighted by Crippen LogP contribution is 2.20. The molecule has 0 fully saturated rings. The SMILES string of the molecule is CCOc1cccc(OCc2ccc(CO)cc2)c1. The van der Waals surface area contributed by atoms with Crippen LogP contribution in [0.5, 0.6) is 11.5 Å². The molecule has 0 aliphatic carbocycles. The van der Waals surface area contributed by atoms with Crippen molar-refractivity contribution in [2.45, 2.75) is 20.1 Å². The van der Waals surface area contributed by atoms with E-state index in [0.29, 0.717) is 13.2 Å². The summed E-state index contributed by atoms with van der Waals surface area (Å²) in [7, 11) is 0. The first-order valence-electron chi connectivity index (χ1n) is 6.36. The average molecular weight is 258 g/mol. The quantitative estimate of drug-likeness (QED) is 0.865. The van der Waals surface area contributed by atoms with Crippen LogP contribution in [0, 0.1) is 0 Å². The van der Waals surface area contributed by atoms with Crippen LogP contribution >= 0.6 is 0 Å². The summed E-state index contributed by atoms with van der Waals surface area (Å²) in [5, 5.41) is 8.97. The van der Waals surface area contributed by atoms with E-state index in [-0.39, 0.29) is 6.61 Å². The highest BCUT2D eigenvalue weighted by atomic mass is 16.5. The van der Waals surface area contributed by atoms with Crippen molar-refractivity contribution in [1.29, 1.82) is 0 Å². The number of rotatable bonds is 6. The summed E-state index contributed by atoms with van der Waals surface area (Å²) in [5.74, 6) is 1.60. The van der Waals surface area contributed by atoms with Crippen molar-refractivity contribution in [3.05, 3.63) is 59.7 Å². The number of benzene rings is 2. The smallest absolute Gasteiger partial charge is 0.123 e. The van der Waals surface area contributed by atoms with E-state index < -0.39 is 0 Å². The molecule has 2 aromatic carbocycles. The molecule has 0 aliphatic heterocycles. The molecule has 2 rings (SSSR count). The van der Waals surface area contributed by atoms with Crippen LogP contribution in [0.3, 0.4) is 0 Å². The van der Waals surface area contributed by atoms with E-state index in [1.165, 1.54) is 0 Å². The van der Waals surface area contributed by atoms with E-state index in [0.717, 1.165) is 22.6 Å². The minimum atomic E-state index is 0.0670. The lowest BCUT2D eigenvalue weighted by atomic mass is 10.1. The summed E-state index contributed by atoms with van der Waals surface area (Å²) < 4.78 is 11.1. The zero-order valence-electron chi connectivity index (χ0n) is 11.0. The fourth-order valence-electron chi connectivity index (χ4n) is 1.73. The fourth-order valence-corrected chi connectivity index (χ4v) is 1.73. The lowest BCUT2D eigenvalue weighted by molar-refractivity contribution is 0.281. The minimum Gasteiger partial charge on any atom is -0.494 e. The van der Waals surface area contributed by atoms with Gasteiger partial charge in [0.15, 0.2) is 0 Å². The third-order valence-electron chi connectivity index (χ3n) is 2.73. The molecule has 0 aliphatic rings. The molecule has 2 aromatic rings. The van der Waals surface area contributed by atoms with Gasteiger partial charge in [0.25, 0.3) is 0 Å². The van der Waals surface area contributed by atoms with Crippen LogP contribution in [0.25, 0.3) is 0 Å². The van der Waals surface area contributed by atoms with Crippen LogP contribution in [-0.4, -0.2) is 11.7 Å². The monoisotopic (exact) mass is 258 g/mol. The molecule has 0 spiro atoms. The second kappa shape index (κ2) is 6.81. The topological polar surface area (TPSA) is 38.7 Å². The maximum atomic E-state index is 8.97. The number of hydrogen-bond donors (Lipinski definition) is 1. The zero-order chi connectivity index (χ0) is 13.5. The van der Waals surface area contributed by atoms with Gasteiger partial charge in [-0.25, -0.2) is 0 Å². The van der Waals surface area contributed by atoms with Gasteiger partial charge in [0.1, 0.15) is 18.1 Å². The summed E-state index contributed by atoms with van der Waals surface area (Å²) >= 11 is 0. The molecular weight excluding hydrogens is 240 g/mol. The number of ether oxygens (including phenoxy) is 2. The first-order valence-corrected chi connectivity index (χ1v) is 6.36. The molecule has 0 amide bonds. The molecular formula is C16H18O3. The third kappa shape index (κ3) is 4.00. The average Bonchev–Trinajstić information content (AvgIpc) is 2.46. The Balaban J connectivity index is 1.95. The summed E-state index contributed by atoms with van der Waals surface area (Å²) in [4.78, 5) is 0. The molecule has 0 atom stereocenters. The predicted molar refractivity (Wildman–Crippen MR) is 74.3 cm³/mol. The molecule has 0 aromatic heterocycles. The summed E-state index contributed by atoms with van der Waals surface area (Å²) in [6.45, 7) is 3.17. The highest BCUT2D eigenvalue weighted by Gasteiger charge is 1.99. The van der Waals surface area contributed by atoms with Gasteiger partial charge in [-0.1, -0.05) is 30.3 Å². The Hall–Kier alpha value is -2.00. The van der Waals surface area contributed by atoms with Crippen molar-refractivity contribution in [3.8, 4) is 11.5 Å². The normalized spacial score (nSPS) is 10.2. The van der Waals surface area contributed by atoms with E-state index in [4.69, 9.17) is 14.6 Å². The van der Waals surface area contributed by atoms with Crippen molar-refractivity contribution >= 4 is 0 Å². The zero-order valence-corrected chi connectivity index (χ0v) is 11.0. The second-order valence-electron chi connectivity index (χ2n) is 4.17. The number of aliphatic hydroxyl groups excluding tert-OH is 1. The van der Waals surface area contributed by atoms with Crippen LogP contribution in [0.4, 0.5) is 0 Å². The standard InChI is InChI=1S/C16H18O3/c1-2-18-15-4-3-5-16(10-15)19-12-14-8-6-13(11-17)7-9-14/h3-10,17H,2,11-12H2,1H3. The van der Waals surface area contributed by atoms with Crippen molar-refractivity contribution in [1.82, 2.24) is 0 Å². The first-order chi connectivity index (χ1) is 9.31. The number of aliphatic hydroxyl groups is 1. The Bertz CT molecular complexity index is 506. The third-order valence-corrected chi connectivity index (χ3v) is 2.73. The molecule has 3 nitrogen and oxygen atoms in total. The van der Waals surface area contributed by atoms with Gasteiger partial charge in [0, 0.05) is 6.07 Å². The minimum absolute atomic E-state index is 0.0670. The predicted octanol–water partition coefficient (Wildman–Crippen LogP) is 3.16. The van der Waals surface area contributed by atoms with Gasteiger partial charge in [0.2, 0.25) is 0 Å². The van der Waals surface area contributed by atoms with Crippen LogP contribution in [-0.2, 0) is 13.2 Å². The molecule has 3 heteroatoms. The molecule has 100 valence electrons.